The summed E-state index contributed by atoms with van der Waals surface area (Å²) in [6.07, 6.45) is 0.551. The van der Waals surface area contributed by atoms with Gasteiger partial charge in [-0.3, -0.25) is 9.59 Å². The minimum Gasteiger partial charge on any atom is -0.497 e. The predicted molar refractivity (Wildman–Crippen MR) is 92.0 cm³/mol. The number of nitrogens with zero attached hydrogens (tertiary/aromatic N) is 1. The third-order valence-corrected chi connectivity index (χ3v) is 4.22. The van der Waals surface area contributed by atoms with Gasteiger partial charge in [0.15, 0.2) is 0 Å². The molecule has 130 valence electrons. The van der Waals surface area contributed by atoms with Crippen molar-refractivity contribution in [2.24, 2.45) is 0 Å². The summed E-state index contributed by atoms with van der Waals surface area (Å²) in [7, 11) is 1.55. The van der Waals surface area contributed by atoms with Gasteiger partial charge in [0.1, 0.15) is 11.6 Å². The van der Waals surface area contributed by atoms with Gasteiger partial charge in [-0.1, -0.05) is 18.2 Å². The first-order valence-corrected chi connectivity index (χ1v) is 8.08. The van der Waals surface area contributed by atoms with Crippen molar-refractivity contribution < 1.29 is 18.7 Å². The van der Waals surface area contributed by atoms with Crippen molar-refractivity contribution in [3.8, 4) is 5.75 Å². The fourth-order valence-corrected chi connectivity index (χ4v) is 2.88. The minimum atomic E-state index is -0.582. The molecular formula is C19H19FN2O3. The van der Waals surface area contributed by atoms with Crippen LogP contribution in [0.2, 0.25) is 0 Å². The molecule has 0 radical (unpaired) electrons. The Morgan fingerprint density at radius 1 is 1.16 bits per heavy atom. The molecule has 1 fully saturated rings. The highest BCUT2D eigenvalue weighted by molar-refractivity contribution is 6.22. The lowest BCUT2D eigenvalue weighted by atomic mass is 10.1. The lowest BCUT2D eigenvalue weighted by Gasteiger charge is -2.16. The molecule has 2 amide bonds. The molecule has 0 aromatic heterocycles. The number of ether oxygens (including phenoxy) is 1. The van der Waals surface area contributed by atoms with E-state index in [2.05, 4.69) is 5.32 Å². The average molecular weight is 342 g/mol. The van der Waals surface area contributed by atoms with Gasteiger partial charge in [-0.2, -0.15) is 0 Å². The summed E-state index contributed by atoms with van der Waals surface area (Å²) in [6, 6.07) is 12.7. The Kier molecular flexibility index (Phi) is 5.09. The van der Waals surface area contributed by atoms with E-state index >= 15 is 0 Å². The van der Waals surface area contributed by atoms with Crippen LogP contribution in [0.5, 0.6) is 5.75 Å². The molecule has 1 heterocycles. The van der Waals surface area contributed by atoms with Crippen LogP contribution in [0.3, 0.4) is 0 Å². The molecule has 0 unspecified atom stereocenters. The van der Waals surface area contributed by atoms with Crippen LogP contribution in [0.4, 0.5) is 10.1 Å². The maximum Gasteiger partial charge on any atom is 0.251 e. The number of anilines is 1. The molecule has 2 aromatic carbocycles. The first-order chi connectivity index (χ1) is 12.1. The Morgan fingerprint density at radius 2 is 1.88 bits per heavy atom. The summed E-state index contributed by atoms with van der Waals surface area (Å²) in [4.78, 5) is 25.9. The maximum absolute atomic E-state index is 13.6. The Balaban J connectivity index is 1.61. The van der Waals surface area contributed by atoms with Crippen LogP contribution in [0, 0.1) is 5.82 Å². The SMILES string of the molecule is COc1ccc(N2C(=O)C[C@H](NCCc3ccccc3F)C2=O)cc1. The van der Waals surface area contributed by atoms with E-state index in [0.29, 0.717) is 30.0 Å². The Hall–Kier alpha value is -2.73. The summed E-state index contributed by atoms with van der Waals surface area (Å²) < 4.78 is 18.7. The van der Waals surface area contributed by atoms with E-state index in [1.165, 1.54) is 11.0 Å². The number of hydrogen-bond donors (Lipinski definition) is 1. The number of nitrogens with one attached hydrogen (secondary N) is 1. The fraction of sp³-hybridized carbons (Fsp3) is 0.263. The van der Waals surface area contributed by atoms with E-state index in [9.17, 15) is 14.0 Å². The number of benzene rings is 2. The number of carbonyl (C=O) groups excluding carboxylic acids is 2. The second-order valence-electron chi connectivity index (χ2n) is 5.82. The van der Waals surface area contributed by atoms with Crippen molar-refractivity contribution >= 4 is 17.5 Å². The number of imide groups is 1. The molecule has 3 rings (SSSR count). The second-order valence-corrected chi connectivity index (χ2v) is 5.82. The van der Waals surface area contributed by atoms with Gasteiger partial charge in [-0.05, 0) is 42.3 Å². The van der Waals surface area contributed by atoms with Gasteiger partial charge >= 0.3 is 0 Å². The van der Waals surface area contributed by atoms with Gasteiger partial charge in [0, 0.05) is 6.54 Å². The molecule has 25 heavy (non-hydrogen) atoms. The summed E-state index contributed by atoms with van der Waals surface area (Å²) in [5, 5.41) is 3.06. The van der Waals surface area contributed by atoms with Crippen LogP contribution >= 0.6 is 0 Å². The summed E-state index contributed by atoms with van der Waals surface area (Å²) >= 11 is 0. The van der Waals surface area contributed by atoms with Crippen LogP contribution in [0.25, 0.3) is 0 Å². The molecule has 1 aliphatic heterocycles. The van der Waals surface area contributed by atoms with E-state index in [4.69, 9.17) is 4.74 Å². The Bertz CT molecular complexity index is 776. The number of rotatable bonds is 6. The number of hydrogen-bond acceptors (Lipinski definition) is 4. The fourth-order valence-electron chi connectivity index (χ4n) is 2.88. The van der Waals surface area contributed by atoms with Gasteiger partial charge < -0.3 is 10.1 Å². The second kappa shape index (κ2) is 7.44. The van der Waals surface area contributed by atoms with E-state index in [0.717, 1.165) is 0 Å². The minimum absolute atomic E-state index is 0.0993. The van der Waals surface area contributed by atoms with Crippen molar-refractivity contribution in [3.63, 3.8) is 0 Å². The summed E-state index contributed by atoms with van der Waals surface area (Å²) in [5.41, 5.74) is 1.10. The molecule has 1 N–H and O–H groups in total. The number of amides is 2. The van der Waals surface area contributed by atoms with Crippen molar-refractivity contribution in [1.82, 2.24) is 5.32 Å². The quantitative estimate of drug-likeness (QED) is 0.819. The number of methoxy groups -OCH3 is 1. The van der Waals surface area contributed by atoms with Crippen molar-refractivity contribution in [3.05, 3.63) is 59.9 Å². The highest BCUT2D eigenvalue weighted by Gasteiger charge is 2.39. The molecular weight excluding hydrogens is 323 g/mol. The zero-order valence-electron chi connectivity index (χ0n) is 13.9. The van der Waals surface area contributed by atoms with Crippen LogP contribution in [0.1, 0.15) is 12.0 Å². The van der Waals surface area contributed by atoms with Crippen molar-refractivity contribution in [2.75, 3.05) is 18.6 Å². The lowest BCUT2D eigenvalue weighted by Crippen LogP contribution is -2.39. The van der Waals surface area contributed by atoms with Gasteiger partial charge in [0.25, 0.3) is 5.91 Å². The average Bonchev–Trinajstić information content (AvgIpc) is 2.90. The van der Waals surface area contributed by atoms with Crippen molar-refractivity contribution in [2.45, 2.75) is 18.9 Å². The van der Waals surface area contributed by atoms with Crippen molar-refractivity contribution in [1.29, 1.82) is 0 Å². The smallest absolute Gasteiger partial charge is 0.251 e. The topological polar surface area (TPSA) is 58.6 Å². The number of halogens is 1. The van der Waals surface area contributed by atoms with Crippen LogP contribution in [0.15, 0.2) is 48.5 Å². The van der Waals surface area contributed by atoms with E-state index in [1.54, 1.807) is 49.6 Å². The third kappa shape index (κ3) is 3.69. The summed E-state index contributed by atoms with van der Waals surface area (Å²) in [6.45, 7) is 0.418. The van der Waals surface area contributed by atoms with Gasteiger partial charge in [0.2, 0.25) is 5.91 Å². The van der Waals surface area contributed by atoms with Crippen LogP contribution < -0.4 is 15.0 Å². The largest absolute Gasteiger partial charge is 0.497 e. The standard InChI is InChI=1S/C19H19FN2O3/c1-25-15-8-6-14(7-9-15)22-18(23)12-17(19(22)24)21-11-10-13-4-2-3-5-16(13)20/h2-9,17,21H,10-12H2,1H3/t17-/m0/s1. The highest BCUT2D eigenvalue weighted by atomic mass is 19.1. The molecule has 1 saturated heterocycles. The Morgan fingerprint density at radius 3 is 2.56 bits per heavy atom. The van der Waals surface area contributed by atoms with Gasteiger partial charge in [0.05, 0.1) is 25.3 Å². The van der Waals surface area contributed by atoms with Gasteiger partial charge in [-0.25, -0.2) is 9.29 Å². The zero-order valence-corrected chi connectivity index (χ0v) is 13.9. The predicted octanol–water partition coefficient (Wildman–Crippen LogP) is 2.30. The molecule has 2 aromatic rings. The van der Waals surface area contributed by atoms with Gasteiger partial charge in [-0.15, -0.1) is 0 Å². The normalized spacial score (nSPS) is 17.2. The molecule has 6 heteroatoms. The van der Waals surface area contributed by atoms with Crippen LogP contribution in [-0.2, 0) is 16.0 Å². The highest BCUT2D eigenvalue weighted by Crippen LogP contribution is 2.25. The molecule has 0 bridgehead atoms. The maximum atomic E-state index is 13.6. The molecule has 5 nitrogen and oxygen atoms in total. The monoisotopic (exact) mass is 342 g/mol. The Labute approximate surface area is 145 Å². The van der Waals surface area contributed by atoms with E-state index < -0.39 is 6.04 Å². The third-order valence-electron chi connectivity index (χ3n) is 4.22. The number of carbonyl (C=O) groups is 2. The molecule has 1 atom stereocenters. The van der Waals surface area contributed by atoms with E-state index in [-0.39, 0.29) is 24.1 Å². The lowest BCUT2D eigenvalue weighted by molar-refractivity contribution is -0.121. The molecule has 0 aliphatic carbocycles. The zero-order chi connectivity index (χ0) is 17.8. The van der Waals surface area contributed by atoms with E-state index in [1.807, 2.05) is 0 Å². The first-order valence-electron chi connectivity index (χ1n) is 8.08. The first kappa shape index (κ1) is 17.1. The van der Waals surface area contributed by atoms with Crippen LogP contribution in [-0.4, -0.2) is 31.5 Å². The molecule has 0 spiro atoms. The molecule has 0 saturated carbocycles. The molecule has 1 aliphatic rings. The summed E-state index contributed by atoms with van der Waals surface area (Å²) in [5.74, 6) is -0.150.